The number of carboxylic acids is 2. The first-order valence-corrected chi connectivity index (χ1v) is 16.3. The van der Waals surface area contributed by atoms with Gasteiger partial charge in [0.15, 0.2) is 0 Å². The second-order valence-electron chi connectivity index (χ2n) is 14.0. The van der Waals surface area contributed by atoms with Crippen molar-refractivity contribution in [2.75, 3.05) is 0 Å². The molecular formula is C34H68O4Zn. The number of carbonyl (C=O) groups is 2. The molecule has 0 aliphatic heterocycles. The summed E-state index contributed by atoms with van der Waals surface area (Å²) in [6, 6.07) is 0. The van der Waals surface area contributed by atoms with Crippen LogP contribution in [0.15, 0.2) is 0 Å². The summed E-state index contributed by atoms with van der Waals surface area (Å²) in [4.78, 5) is 20.6. The summed E-state index contributed by atoms with van der Waals surface area (Å²) in [6.45, 7) is 13.9. The Balaban J connectivity index is -0.000000648. The van der Waals surface area contributed by atoms with E-state index in [4.69, 9.17) is 10.2 Å². The van der Waals surface area contributed by atoms with Gasteiger partial charge in [0.2, 0.25) is 0 Å². The van der Waals surface area contributed by atoms with Crippen molar-refractivity contribution in [3.8, 4) is 0 Å². The fourth-order valence-corrected chi connectivity index (χ4v) is 4.69. The minimum Gasteiger partial charge on any atom is -0.481 e. The van der Waals surface area contributed by atoms with Gasteiger partial charge >= 0.3 is 11.9 Å². The maximum Gasteiger partial charge on any atom is 0.303 e. The first-order chi connectivity index (χ1) is 17.8. The van der Waals surface area contributed by atoms with E-state index in [2.05, 4.69) is 41.5 Å². The van der Waals surface area contributed by atoms with E-state index in [0.29, 0.717) is 23.7 Å². The van der Waals surface area contributed by atoms with Gasteiger partial charge in [0.1, 0.15) is 0 Å². The summed E-state index contributed by atoms with van der Waals surface area (Å²) in [5.74, 6) is -1.31. The monoisotopic (exact) mass is 604 g/mol. The van der Waals surface area contributed by atoms with Gasteiger partial charge < -0.3 is 10.2 Å². The van der Waals surface area contributed by atoms with Gasteiger partial charge in [-0.2, -0.15) is 0 Å². The summed E-state index contributed by atoms with van der Waals surface area (Å²) in [5, 5.41) is 17.0. The Morgan fingerprint density at radius 2 is 0.564 bits per heavy atom. The third kappa shape index (κ3) is 47.7. The molecule has 0 aliphatic rings. The van der Waals surface area contributed by atoms with Gasteiger partial charge in [-0.1, -0.05) is 157 Å². The first-order valence-electron chi connectivity index (χ1n) is 16.3. The molecule has 0 aromatic rings. The number of hydrogen-bond acceptors (Lipinski definition) is 2. The molecule has 0 heterocycles. The van der Waals surface area contributed by atoms with Gasteiger partial charge in [0, 0.05) is 32.3 Å². The predicted molar refractivity (Wildman–Crippen MR) is 165 cm³/mol. The van der Waals surface area contributed by atoms with E-state index in [1.807, 2.05) is 0 Å². The summed E-state index contributed by atoms with van der Waals surface area (Å²) >= 11 is 0. The second kappa shape index (κ2) is 29.1. The quantitative estimate of drug-likeness (QED) is 0.0847. The smallest absolute Gasteiger partial charge is 0.303 e. The van der Waals surface area contributed by atoms with Gasteiger partial charge in [-0.25, -0.2) is 0 Å². The van der Waals surface area contributed by atoms with Crippen molar-refractivity contribution in [3.63, 3.8) is 0 Å². The normalized spacial score (nSPS) is 11.4. The number of aliphatic carboxylic acids is 2. The van der Waals surface area contributed by atoms with Crippen LogP contribution in [0, 0.1) is 10.8 Å². The molecule has 0 saturated heterocycles. The zero-order chi connectivity index (χ0) is 29.1. The van der Waals surface area contributed by atoms with E-state index < -0.39 is 11.9 Å². The molecule has 0 spiro atoms. The summed E-state index contributed by atoms with van der Waals surface area (Å²) in [5.41, 5.74) is 0.992. The Labute approximate surface area is 257 Å². The van der Waals surface area contributed by atoms with Crippen molar-refractivity contribution in [3.05, 3.63) is 0 Å². The fraction of sp³-hybridized carbons (Fsp3) is 0.941. The molecule has 0 rings (SSSR count). The summed E-state index contributed by atoms with van der Waals surface area (Å²) < 4.78 is 0. The molecular weight excluding hydrogens is 538 g/mol. The molecule has 0 aliphatic carbocycles. The fourth-order valence-electron chi connectivity index (χ4n) is 4.69. The van der Waals surface area contributed by atoms with Crippen molar-refractivity contribution in [1.82, 2.24) is 0 Å². The van der Waals surface area contributed by atoms with Crippen molar-refractivity contribution < 1.29 is 39.3 Å². The predicted octanol–water partition coefficient (Wildman–Crippen LogP) is 11.6. The number of carboxylic acid groups (broad SMARTS) is 2. The van der Waals surface area contributed by atoms with Crippen LogP contribution >= 0.6 is 0 Å². The standard InChI is InChI=1S/2C17H34O2.Zn/c2*1-17(2,3)15-13-11-9-7-5-4-6-8-10-12-14-16(18)19;/h2*4-15H2,1-3H3,(H,18,19);. The van der Waals surface area contributed by atoms with Crippen LogP contribution in [0.25, 0.3) is 0 Å². The molecule has 0 saturated carbocycles. The van der Waals surface area contributed by atoms with Crippen LogP contribution in [0.2, 0.25) is 0 Å². The van der Waals surface area contributed by atoms with Gasteiger partial charge in [-0.15, -0.1) is 0 Å². The molecule has 0 aromatic carbocycles. The molecule has 0 bridgehead atoms. The second-order valence-corrected chi connectivity index (χ2v) is 14.0. The van der Waals surface area contributed by atoms with Crippen molar-refractivity contribution in [2.45, 2.75) is 196 Å². The molecule has 0 radical (unpaired) electrons. The largest absolute Gasteiger partial charge is 0.481 e. The average Bonchev–Trinajstić information content (AvgIpc) is 2.79. The molecule has 5 heteroatoms. The third-order valence-electron chi connectivity index (χ3n) is 7.13. The van der Waals surface area contributed by atoms with Gasteiger partial charge in [0.05, 0.1) is 0 Å². The zero-order valence-corrected chi connectivity index (χ0v) is 30.4. The Morgan fingerprint density at radius 1 is 0.385 bits per heavy atom. The van der Waals surface area contributed by atoms with Crippen LogP contribution in [-0.2, 0) is 29.1 Å². The van der Waals surface area contributed by atoms with Gasteiger partial charge in [0.25, 0.3) is 0 Å². The van der Waals surface area contributed by atoms with Crippen LogP contribution in [0.5, 0.6) is 0 Å². The molecule has 0 fully saturated rings. The van der Waals surface area contributed by atoms with Crippen molar-refractivity contribution >= 4 is 11.9 Å². The molecule has 39 heavy (non-hydrogen) atoms. The van der Waals surface area contributed by atoms with Crippen LogP contribution in [0.1, 0.15) is 196 Å². The van der Waals surface area contributed by atoms with E-state index >= 15 is 0 Å². The van der Waals surface area contributed by atoms with E-state index in [1.54, 1.807) is 0 Å². The molecule has 4 nitrogen and oxygen atoms in total. The SMILES string of the molecule is CC(C)(C)CCCCCCCCCCCCC(=O)O.CC(C)(C)CCCCCCCCCCCCC(=O)O.[Zn]. The van der Waals surface area contributed by atoms with Crippen molar-refractivity contribution in [2.24, 2.45) is 10.8 Å². The minimum atomic E-state index is -0.657. The average molecular weight is 606 g/mol. The Kier molecular flexibility index (Phi) is 32.1. The molecule has 0 atom stereocenters. The molecule has 2 N–H and O–H groups in total. The summed E-state index contributed by atoms with van der Waals surface area (Å²) in [7, 11) is 0. The number of rotatable bonds is 24. The summed E-state index contributed by atoms with van der Waals surface area (Å²) in [6.07, 6.45) is 28.6. The Hall–Kier alpha value is -0.437. The van der Waals surface area contributed by atoms with E-state index in [-0.39, 0.29) is 19.5 Å². The van der Waals surface area contributed by atoms with Crippen molar-refractivity contribution in [1.29, 1.82) is 0 Å². The maximum atomic E-state index is 10.3. The molecule has 0 aromatic heterocycles. The molecule has 0 unspecified atom stereocenters. The molecule has 230 valence electrons. The third-order valence-corrected chi connectivity index (χ3v) is 7.13. The van der Waals surface area contributed by atoms with Crippen LogP contribution in [0.4, 0.5) is 0 Å². The zero-order valence-electron chi connectivity index (χ0n) is 27.4. The van der Waals surface area contributed by atoms with Gasteiger partial charge in [-0.3, -0.25) is 9.59 Å². The van der Waals surface area contributed by atoms with E-state index in [0.717, 1.165) is 25.7 Å². The first kappa shape index (κ1) is 43.0. The van der Waals surface area contributed by atoms with E-state index in [1.165, 1.54) is 116 Å². The van der Waals surface area contributed by atoms with Gasteiger partial charge in [-0.05, 0) is 36.5 Å². The van der Waals surface area contributed by atoms with Crippen LogP contribution in [0.3, 0.4) is 0 Å². The van der Waals surface area contributed by atoms with Crippen LogP contribution in [-0.4, -0.2) is 22.2 Å². The Morgan fingerprint density at radius 3 is 0.744 bits per heavy atom. The maximum absolute atomic E-state index is 10.3. The number of unbranched alkanes of at least 4 members (excludes halogenated alkanes) is 18. The van der Waals surface area contributed by atoms with Crippen LogP contribution < -0.4 is 0 Å². The minimum absolute atomic E-state index is 0. The topological polar surface area (TPSA) is 74.6 Å². The number of hydrogen-bond donors (Lipinski definition) is 2. The Bertz CT molecular complexity index is 486. The van der Waals surface area contributed by atoms with E-state index in [9.17, 15) is 9.59 Å². The molecule has 0 amide bonds.